The van der Waals surface area contributed by atoms with Crippen LogP contribution in [0, 0.1) is 12.3 Å². The average Bonchev–Trinajstić information content (AvgIpc) is 3.24. The SMILES string of the molecule is COc1ccc(C)cc1/C=C/C(=O)NCC1(CCO)CC1. The number of benzene rings is 1. The molecule has 1 aromatic carbocycles. The van der Waals surface area contributed by atoms with Gasteiger partial charge in [-0.3, -0.25) is 4.79 Å². The van der Waals surface area contributed by atoms with E-state index < -0.39 is 0 Å². The second-order valence-electron chi connectivity index (χ2n) is 5.77. The Kier molecular flexibility index (Phi) is 5.02. The third-order valence-corrected chi connectivity index (χ3v) is 4.04. The summed E-state index contributed by atoms with van der Waals surface area (Å²) in [5, 5.41) is 11.9. The minimum absolute atomic E-state index is 0.109. The zero-order chi connectivity index (χ0) is 15.3. The number of ether oxygens (including phenoxy) is 1. The van der Waals surface area contributed by atoms with E-state index in [1.807, 2.05) is 25.1 Å². The van der Waals surface area contributed by atoms with Crippen molar-refractivity contribution in [2.75, 3.05) is 20.3 Å². The lowest BCUT2D eigenvalue weighted by Gasteiger charge is -2.13. The maximum Gasteiger partial charge on any atom is 0.244 e. The fourth-order valence-electron chi connectivity index (χ4n) is 2.41. The summed E-state index contributed by atoms with van der Waals surface area (Å²) in [4.78, 5) is 11.9. The van der Waals surface area contributed by atoms with E-state index in [0.717, 1.165) is 36.1 Å². The minimum Gasteiger partial charge on any atom is -0.496 e. The van der Waals surface area contributed by atoms with Crippen molar-refractivity contribution in [1.29, 1.82) is 0 Å². The molecule has 1 amide bonds. The Balaban J connectivity index is 1.92. The van der Waals surface area contributed by atoms with E-state index in [1.54, 1.807) is 13.2 Å². The summed E-state index contributed by atoms with van der Waals surface area (Å²) in [6, 6.07) is 5.85. The molecule has 0 spiro atoms. The van der Waals surface area contributed by atoms with Crippen molar-refractivity contribution >= 4 is 12.0 Å². The number of nitrogens with one attached hydrogen (secondary N) is 1. The highest BCUT2D eigenvalue weighted by atomic mass is 16.5. The number of rotatable bonds is 7. The molecule has 0 radical (unpaired) electrons. The number of amides is 1. The summed E-state index contributed by atoms with van der Waals surface area (Å²) in [7, 11) is 1.62. The number of hydrogen-bond acceptors (Lipinski definition) is 3. The van der Waals surface area contributed by atoms with Crippen LogP contribution in [0.2, 0.25) is 0 Å². The number of aliphatic hydroxyl groups excluding tert-OH is 1. The van der Waals surface area contributed by atoms with Crippen molar-refractivity contribution in [3.63, 3.8) is 0 Å². The molecule has 4 heteroatoms. The summed E-state index contributed by atoms with van der Waals surface area (Å²) >= 11 is 0. The first-order valence-electron chi connectivity index (χ1n) is 7.30. The van der Waals surface area contributed by atoms with E-state index in [-0.39, 0.29) is 17.9 Å². The van der Waals surface area contributed by atoms with Gasteiger partial charge >= 0.3 is 0 Å². The van der Waals surface area contributed by atoms with Crippen molar-refractivity contribution in [1.82, 2.24) is 5.32 Å². The molecule has 1 aliphatic rings. The number of aryl methyl sites for hydroxylation is 1. The molecule has 1 saturated carbocycles. The predicted octanol–water partition coefficient (Wildman–Crippen LogP) is 2.30. The fraction of sp³-hybridized carbons (Fsp3) is 0.471. The molecule has 0 unspecified atom stereocenters. The summed E-state index contributed by atoms with van der Waals surface area (Å²) in [5.41, 5.74) is 2.15. The van der Waals surface area contributed by atoms with E-state index in [4.69, 9.17) is 9.84 Å². The molecule has 4 nitrogen and oxygen atoms in total. The summed E-state index contributed by atoms with van der Waals surface area (Å²) in [6.07, 6.45) is 6.24. The molecule has 0 aromatic heterocycles. The standard InChI is InChI=1S/C17H23NO3/c1-13-3-5-15(21-2)14(11-13)4-6-16(20)18-12-17(7-8-17)9-10-19/h3-6,11,19H,7-10,12H2,1-2H3,(H,18,20)/b6-4+. The van der Waals surface area contributed by atoms with Gasteiger partial charge in [0.15, 0.2) is 0 Å². The lowest BCUT2D eigenvalue weighted by molar-refractivity contribution is -0.116. The van der Waals surface area contributed by atoms with Crippen molar-refractivity contribution in [3.05, 3.63) is 35.4 Å². The lowest BCUT2D eigenvalue weighted by atomic mass is 10.0. The molecule has 1 fully saturated rings. The zero-order valence-electron chi connectivity index (χ0n) is 12.7. The molecular weight excluding hydrogens is 266 g/mol. The van der Waals surface area contributed by atoms with Crippen molar-refractivity contribution in [2.24, 2.45) is 5.41 Å². The maximum atomic E-state index is 11.9. The Hall–Kier alpha value is -1.81. The van der Waals surface area contributed by atoms with Gasteiger partial charge in [0.25, 0.3) is 0 Å². The number of carbonyl (C=O) groups is 1. The molecule has 0 aliphatic heterocycles. The number of hydrogen-bond donors (Lipinski definition) is 2. The highest BCUT2D eigenvalue weighted by Crippen LogP contribution is 2.47. The van der Waals surface area contributed by atoms with Crippen LogP contribution in [0.25, 0.3) is 6.08 Å². The first-order chi connectivity index (χ1) is 10.1. The third kappa shape index (κ3) is 4.33. The molecule has 0 saturated heterocycles. The normalized spacial score (nSPS) is 16.0. The van der Waals surface area contributed by atoms with E-state index >= 15 is 0 Å². The zero-order valence-corrected chi connectivity index (χ0v) is 12.7. The van der Waals surface area contributed by atoms with Crippen LogP contribution < -0.4 is 10.1 Å². The molecule has 0 atom stereocenters. The Morgan fingerprint density at radius 3 is 2.86 bits per heavy atom. The van der Waals surface area contributed by atoms with Gasteiger partial charge in [-0.05, 0) is 49.8 Å². The molecule has 0 bridgehead atoms. The van der Waals surface area contributed by atoms with Gasteiger partial charge in [0.05, 0.1) is 7.11 Å². The second kappa shape index (κ2) is 6.76. The van der Waals surface area contributed by atoms with Gasteiger partial charge < -0.3 is 15.2 Å². The first kappa shape index (κ1) is 15.6. The maximum absolute atomic E-state index is 11.9. The molecule has 21 heavy (non-hydrogen) atoms. The van der Waals surface area contributed by atoms with Gasteiger partial charge in [-0.1, -0.05) is 11.6 Å². The monoisotopic (exact) mass is 289 g/mol. The Labute approximate surface area is 125 Å². The van der Waals surface area contributed by atoms with Crippen LogP contribution in [0.1, 0.15) is 30.4 Å². The van der Waals surface area contributed by atoms with Gasteiger partial charge in [0, 0.05) is 24.8 Å². The molecule has 0 heterocycles. The van der Waals surface area contributed by atoms with Gasteiger partial charge in [0.1, 0.15) is 5.75 Å². The topological polar surface area (TPSA) is 58.6 Å². The fourth-order valence-corrected chi connectivity index (χ4v) is 2.41. The van der Waals surface area contributed by atoms with Crippen LogP contribution in [0.3, 0.4) is 0 Å². The highest BCUT2D eigenvalue weighted by molar-refractivity contribution is 5.92. The van der Waals surface area contributed by atoms with E-state index in [1.165, 1.54) is 6.08 Å². The van der Waals surface area contributed by atoms with Crippen LogP contribution in [0.5, 0.6) is 5.75 Å². The van der Waals surface area contributed by atoms with Gasteiger partial charge in [-0.2, -0.15) is 0 Å². The van der Waals surface area contributed by atoms with Crippen molar-refractivity contribution < 1.29 is 14.6 Å². The summed E-state index contributed by atoms with van der Waals surface area (Å²) in [6.45, 7) is 2.83. The van der Waals surface area contributed by atoms with E-state index in [0.29, 0.717) is 6.54 Å². The van der Waals surface area contributed by atoms with E-state index in [2.05, 4.69) is 5.32 Å². The molecule has 2 rings (SSSR count). The number of methoxy groups -OCH3 is 1. The van der Waals surface area contributed by atoms with Crippen molar-refractivity contribution in [3.8, 4) is 5.75 Å². The van der Waals surface area contributed by atoms with Crippen LogP contribution in [-0.2, 0) is 4.79 Å². The lowest BCUT2D eigenvalue weighted by Crippen LogP contribution is -2.29. The number of aliphatic hydroxyl groups is 1. The largest absolute Gasteiger partial charge is 0.496 e. The summed E-state index contributed by atoms with van der Waals surface area (Å²) in [5.74, 6) is 0.645. The van der Waals surface area contributed by atoms with Crippen LogP contribution in [-0.4, -0.2) is 31.3 Å². The molecule has 1 aliphatic carbocycles. The minimum atomic E-state index is -0.109. The summed E-state index contributed by atoms with van der Waals surface area (Å²) < 4.78 is 5.28. The quantitative estimate of drug-likeness (QED) is 0.757. The van der Waals surface area contributed by atoms with Crippen LogP contribution in [0.4, 0.5) is 0 Å². The molecular formula is C17H23NO3. The van der Waals surface area contributed by atoms with Gasteiger partial charge in [0.2, 0.25) is 5.91 Å². The van der Waals surface area contributed by atoms with Gasteiger partial charge in [-0.15, -0.1) is 0 Å². The highest BCUT2D eigenvalue weighted by Gasteiger charge is 2.41. The smallest absolute Gasteiger partial charge is 0.244 e. The number of carbonyl (C=O) groups excluding carboxylic acids is 1. The van der Waals surface area contributed by atoms with Crippen LogP contribution in [0.15, 0.2) is 24.3 Å². The van der Waals surface area contributed by atoms with E-state index in [9.17, 15) is 4.79 Å². The third-order valence-electron chi connectivity index (χ3n) is 4.04. The Bertz CT molecular complexity index is 533. The molecule has 1 aromatic rings. The van der Waals surface area contributed by atoms with Crippen molar-refractivity contribution in [2.45, 2.75) is 26.2 Å². The molecule has 114 valence electrons. The molecule has 2 N–H and O–H groups in total. The predicted molar refractivity (Wildman–Crippen MR) is 83.1 cm³/mol. The second-order valence-corrected chi connectivity index (χ2v) is 5.77. The first-order valence-corrected chi connectivity index (χ1v) is 7.30. The Morgan fingerprint density at radius 1 is 1.48 bits per heavy atom. The van der Waals surface area contributed by atoms with Gasteiger partial charge in [-0.25, -0.2) is 0 Å². The van der Waals surface area contributed by atoms with Crippen LogP contribution >= 0.6 is 0 Å². The Morgan fingerprint density at radius 2 is 2.24 bits per heavy atom. The average molecular weight is 289 g/mol.